The van der Waals surface area contributed by atoms with E-state index >= 15 is 0 Å². The van der Waals surface area contributed by atoms with Crippen molar-refractivity contribution in [3.63, 3.8) is 0 Å². The Balaban J connectivity index is 2.23. The summed E-state index contributed by atoms with van der Waals surface area (Å²) in [6.45, 7) is 9.68. The van der Waals surface area contributed by atoms with Crippen molar-refractivity contribution in [2.45, 2.75) is 25.5 Å². The molecule has 0 aliphatic carbocycles. The van der Waals surface area contributed by atoms with Crippen LogP contribution >= 0.6 is 0 Å². The van der Waals surface area contributed by atoms with Crippen LogP contribution in [0.1, 0.15) is 13.8 Å². The number of aliphatic hydroxyl groups is 1. The lowest BCUT2D eigenvalue weighted by atomic mass is 10.2. The lowest BCUT2D eigenvalue weighted by molar-refractivity contribution is 0.190. The Morgan fingerprint density at radius 1 is 1.80 bits per heavy atom. The predicted molar refractivity (Wildman–Crippen MR) is 41.9 cm³/mol. The molecule has 0 aromatic heterocycles. The zero-order chi connectivity index (χ0) is 7.78. The number of rotatable bonds is 3. The molecule has 0 aromatic rings. The lowest BCUT2D eigenvalue weighted by Crippen LogP contribution is -2.20. The van der Waals surface area contributed by atoms with E-state index in [-0.39, 0.29) is 6.10 Å². The van der Waals surface area contributed by atoms with E-state index in [1.165, 1.54) is 0 Å². The van der Waals surface area contributed by atoms with Crippen molar-refractivity contribution in [1.82, 2.24) is 4.90 Å². The Morgan fingerprint density at radius 2 is 2.30 bits per heavy atom. The maximum atomic E-state index is 9.14. The van der Waals surface area contributed by atoms with E-state index in [1.54, 1.807) is 6.08 Å². The second-order valence-electron chi connectivity index (χ2n) is 3.50. The third-order valence-corrected chi connectivity index (χ3v) is 2.01. The molecule has 1 unspecified atom stereocenters. The van der Waals surface area contributed by atoms with Crippen molar-refractivity contribution >= 4 is 0 Å². The third-order valence-electron chi connectivity index (χ3n) is 2.01. The van der Waals surface area contributed by atoms with Gasteiger partial charge < -0.3 is 5.11 Å². The first kappa shape index (κ1) is 7.76. The van der Waals surface area contributed by atoms with Crippen LogP contribution in [0.15, 0.2) is 12.7 Å². The third kappa shape index (κ3) is 1.58. The van der Waals surface area contributed by atoms with Gasteiger partial charge in [0.25, 0.3) is 0 Å². The molecular weight excluding hydrogens is 126 g/mol. The summed E-state index contributed by atoms with van der Waals surface area (Å²) in [6.07, 6.45) is 1.22. The molecule has 0 bridgehead atoms. The number of hydrogen-bond acceptors (Lipinski definition) is 2. The molecule has 0 spiro atoms. The van der Waals surface area contributed by atoms with Gasteiger partial charge in [-0.2, -0.15) is 0 Å². The molecule has 1 aliphatic rings. The number of hydrogen-bond donors (Lipinski definition) is 1. The second kappa shape index (κ2) is 2.36. The van der Waals surface area contributed by atoms with Crippen LogP contribution in [0.25, 0.3) is 0 Å². The first-order chi connectivity index (χ1) is 4.56. The Kier molecular flexibility index (Phi) is 1.84. The summed E-state index contributed by atoms with van der Waals surface area (Å²) in [6, 6.07) is 0. The minimum atomic E-state index is -0.359. The highest BCUT2D eigenvalue weighted by Crippen LogP contribution is 2.30. The molecule has 0 aromatic carbocycles. The summed E-state index contributed by atoms with van der Waals surface area (Å²) < 4.78 is 0. The monoisotopic (exact) mass is 141 g/mol. The molecule has 0 radical (unpaired) electrons. The van der Waals surface area contributed by atoms with Crippen LogP contribution < -0.4 is 0 Å². The molecule has 1 fully saturated rings. The minimum absolute atomic E-state index is 0.323. The second-order valence-corrected chi connectivity index (χ2v) is 3.50. The maximum absolute atomic E-state index is 9.14. The van der Waals surface area contributed by atoms with E-state index in [1.807, 2.05) is 0 Å². The van der Waals surface area contributed by atoms with Gasteiger partial charge in [0.1, 0.15) is 0 Å². The molecule has 1 N–H and O–H groups in total. The summed E-state index contributed by atoms with van der Waals surface area (Å²) in [5, 5.41) is 9.14. The highest BCUT2D eigenvalue weighted by Gasteiger charge is 2.42. The van der Waals surface area contributed by atoms with Gasteiger partial charge in [-0.15, -0.1) is 6.58 Å². The fourth-order valence-electron chi connectivity index (χ4n) is 1.04. The van der Waals surface area contributed by atoms with Gasteiger partial charge in [0.15, 0.2) is 0 Å². The fraction of sp³-hybridized carbons (Fsp3) is 0.750. The van der Waals surface area contributed by atoms with Gasteiger partial charge >= 0.3 is 0 Å². The van der Waals surface area contributed by atoms with E-state index in [0.717, 1.165) is 13.1 Å². The molecule has 1 saturated heterocycles. The van der Waals surface area contributed by atoms with Gasteiger partial charge in [0, 0.05) is 18.6 Å². The van der Waals surface area contributed by atoms with Crippen LogP contribution in [-0.2, 0) is 0 Å². The first-order valence-corrected chi connectivity index (χ1v) is 3.62. The Morgan fingerprint density at radius 3 is 2.60 bits per heavy atom. The normalized spacial score (nSPS) is 31.3. The van der Waals surface area contributed by atoms with Crippen molar-refractivity contribution in [2.75, 3.05) is 13.1 Å². The quantitative estimate of drug-likeness (QED) is 0.460. The van der Waals surface area contributed by atoms with Crippen LogP contribution in [0.4, 0.5) is 0 Å². The summed E-state index contributed by atoms with van der Waals surface area (Å²) in [5.74, 6) is 0. The van der Waals surface area contributed by atoms with Crippen LogP contribution in [0.3, 0.4) is 0 Å². The Labute approximate surface area is 62.2 Å². The Bertz CT molecular complexity index is 142. The van der Waals surface area contributed by atoms with Gasteiger partial charge in [-0.25, -0.2) is 0 Å². The molecule has 1 heterocycles. The van der Waals surface area contributed by atoms with Gasteiger partial charge in [0.2, 0.25) is 0 Å². The largest absolute Gasteiger partial charge is 0.388 e. The topological polar surface area (TPSA) is 23.2 Å². The van der Waals surface area contributed by atoms with Crippen LogP contribution in [-0.4, -0.2) is 34.7 Å². The van der Waals surface area contributed by atoms with Crippen LogP contribution in [0.2, 0.25) is 0 Å². The predicted octanol–water partition coefficient (Wildman–Crippen LogP) is 0.627. The van der Waals surface area contributed by atoms with E-state index in [9.17, 15) is 0 Å². The molecular formula is C8H15NO. The van der Waals surface area contributed by atoms with E-state index < -0.39 is 0 Å². The summed E-state index contributed by atoms with van der Waals surface area (Å²) in [7, 11) is 0. The number of aliphatic hydroxyl groups excluding tert-OH is 1. The van der Waals surface area contributed by atoms with Crippen LogP contribution in [0.5, 0.6) is 0 Å². The van der Waals surface area contributed by atoms with Crippen LogP contribution in [0, 0.1) is 0 Å². The molecule has 10 heavy (non-hydrogen) atoms. The highest BCUT2D eigenvalue weighted by molar-refractivity contribution is 5.01. The molecule has 1 aliphatic heterocycles. The van der Waals surface area contributed by atoms with Gasteiger partial charge in [-0.05, 0) is 13.8 Å². The summed E-state index contributed by atoms with van der Waals surface area (Å²) in [5.41, 5.74) is 0.323. The molecule has 58 valence electrons. The molecule has 2 nitrogen and oxygen atoms in total. The van der Waals surface area contributed by atoms with Crippen molar-refractivity contribution in [1.29, 1.82) is 0 Å². The fourth-order valence-corrected chi connectivity index (χ4v) is 1.04. The summed E-state index contributed by atoms with van der Waals surface area (Å²) >= 11 is 0. The minimum Gasteiger partial charge on any atom is -0.388 e. The average molecular weight is 141 g/mol. The first-order valence-electron chi connectivity index (χ1n) is 3.62. The zero-order valence-electron chi connectivity index (χ0n) is 6.67. The SMILES string of the molecule is C=C[C@H](O)CN1CC1(C)C. The van der Waals surface area contributed by atoms with Crippen molar-refractivity contribution in [3.05, 3.63) is 12.7 Å². The zero-order valence-corrected chi connectivity index (χ0v) is 6.67. The molecule has 1 rings (SSSR count). The maximum Gasteiger partial charge on any atom is 0.0845 e. The molecule has 0 amide bonds. The van der Waals surface area contributed by atoms with Crippen molar-refractivity contribution in [2.24, 2.45) is 0 Å². The Hall–Kier alpha value is -0.340. The van der Waals surface area contributed by atoms with Gasteiger partial charge in [0.05, 0.1) is 6.10 Å². The molecule has 2 heteroatoms. The number of β-amino-alcohol motifs (C(OH)–C–C–N with tert-alkyl or cyclic N) is 1. The smallest absolute Gasteiger partial charge is 0.0845 e. The van der Waals surface area contributed by atoms with Gasteiger partial charge in [-0.3, -0.25) is 4.90 Å². The average Bonchev–Trinajstić information content (AvgIpc) is 2.40. The van der Waals surface area contributed by atoms with Crippen molar-refractivity contribution < 1.29 is 5.11 Å². The molecule has 2 atom stereocenters. The summed E-state index contributed by atoms with van der Waals surface area (Å²) in [4.78, 5) is 2.22. The van der Waals surface area contributed by atoms with E-state index in [2.05, 4.69) is 25.3 Å². The van der Waals surface area contributed by atoms with Gasteiger partial charge in [-0.1, -0.05) is 6.08 Å². The highest BCUT2D eigenvalue weighted by atomic mass is 16.3. The van der Waals surface area contributed by atoms with E-state index in [0.29, 0.717) is 5.54 Å². The van der Waals surface area contributed by atoms with E-state index in [4.69, 9.17) is 5.11 Å². The molecule has 0 saturated carbocycles. The number of nitrogens with zero attached hydrogens (tertiary/aromatic N) is 1. The lowest BCUT2D eigenvalue weighted by Gasteiger charge is -2.08. The standard InChI is InChI=1S/C8H15NO/c1-4-7(10)5-9-6-8(9,2)3/h4,7,10H,1,5-6H2,2-3H3/t7-,9?/m0/s1. The van der Waals surface area contributed by atoms with Crippen molar-refractivity contribution in [3.8, 4) is 0 Å².